The Morgan fingerprint density at radius 1 is 0.518 bits per heavy atom. The summed E-state index contributed by atoms with van der Waals surface area (Å²) in [7, 11) is 0. The first-order valence-electron chi connectivity index (χ1n) is 19.9. The van der Waals surface area contributed by atoms with E-state index in [-0.39, 0.29) is 0 Å². The van der Waals surface area contributed by atoms with Crippen LogP contribution in [0.5, 0.6) is 0 Å². The van der Waals surface area contributed by atoms with E-state index in [9.17, 15) is 0 Å². The fourth-order valence-electron chi connectivity index (χ4n) is 7.02. The lowest BCUT2D eigenvalue weighted by Gasteiger charge is -2.12. The SMILES string of the molecule is C=CC/C=C(\C=C/C)C(/C=C\C(=C)C)=C/Cc1cc(-c2ccccc2)ccc1C.CC.Cc1cccc(-c2ccc3c4ccccc4c4ccccc4c3c2)c1. The van der Waals surface area contributed by atoms with Crippen molar-refractivity contribution in [2.45, 2.75) is 54.4 Å². The van der Waals surface area contributed by atoms with Gasteiger partial charge in [0, 0.05) is 0 Å². The predicted octanol–water partition coefficient (Wildman–Crippen LogP) is 16.5. The van der Waals surface area contributed by atoms with E-state index >= 15 is 0 Å². The van der Waals surface area contributed by atoms with Crippen LogP contribution in [0.2, 0.25) is 0 Å². The van der Waals surface area contributed by atoms with Crippen LogP contribution in [0.4, 0.5) is 0 Å². The predicted molar refractivity (Wildman–Crippen MR) is 251 cm³/mol. The summed E-state index contributed by atoms with van der Waals surface area (Å²) in [6.07, 6.45) is 16.7. The molecule has 0 amide bonds. The van der Waals surface area contributed by atoms with Gasteiger partial charge in [-0.2, -0.15) is 0 Å². The van der Waals surface area contributed by atoms with Crippen LogP contribution in [-0.4, -0.2) is 0 Å². The van der Waals surface area contributed by atoms with E-state index in [0.717, 1.165) is 18.4 Å². The fraction of sp³-hybridized carbons (Fsp3) is 0.143. The first kappa shape index (κ1) is 40.9. The molecule has 0 aliphatic carbocycles. The standard InChI is InChI=1S/C29H32.C25H18.C2H6/c1-6-8-13-25(12-7-2)27(18-16-23(3)4)20-21-28-22-29(19-17-24(28)5)26-14-10-9-11-15-26;1-17-7-6-8-18(15-17)19-13-14-24-22-11-3-2-9-20(22)21-10-4-5-12-23(21)25(24)16-19;1-2/h6-7,9-20,22H,1,3,8,21H2,2,4-5H3;2-16H,1H3;1-2H3/b12-7-,18-16-,25-13+,27-20+;;. The Hall–Kier alpha value is -6.24. The maximum Gasteiger partial charge on any atom is -0.00854 e. The molecule has 0 aliphatic rings. The van der Waals surface area contributed by atoms with Gasteiger partial charge >= 0.3 is 0 Å². The van der Waals surface area contributed by atoms with Crippen molar-refractivity contribution in [1.29, 1.82) is 0 Å². The number of aryl methyl sites for hydroxylation is 2. The molecular weight excluding hydrogens is 673 g/mol. The third kappa shape index (κ3) is 10.3. The summed E-state index contributed by atoms with van der Waals surface area (Å²) >= 11 is 0. The van der Waals surface area contributed by atoms with Crippen molar-refractivity contribution in [3.05, 3.63) is 229 Å². The largest absolute Gasteiger partial charge is 0.103 e. The van der Waals surface area contributed by atoms with Crippen LogP contribution in [0.3, 0.4) is 0 Å². The molecule has 56 heavy (non-hydrogen) atoms. The van der Waals surface area contributed by atoms with Gasteiger partial charge in [0.05, 0.1) is 0 Å². The number of hydrogen-bond acceptors (Lipinski definition) is 0. The summed E-state index contributed by atoms with van der Waals surface area (Å²) in [5, 5.41) is 7.96. The van der Waals surface area contributed by atoms with Gasteiger partial charge in [-0.3, -0.25) is 0 Å². The Labute approximate surface area is 336 Å². The molecule has 7 aromatic rings. The molecule has 0 aliphatic heterocycles. The van der Waals surface area contributed by atoms with Crippen molar-refractivity contribution in [2.24, 2.45) is 0 Å². The van der Waals surface area contributed by atoms with Gasteiger partial charge in [0.25, 0.3) is 0 Å². The number of hydrogen-bond donors (Lipinski definition) is 0. The maximum atomic E-state index is 4.00. The van der Waals surface area contributed by atoms with E-state index in [0.29, 0.717) is 0 Å². The third-order valence-corrected chi connectivity index (χ3v) is 9.83. The molecule has 0 heterocycles. The summed E-state index contributed by atoms with van der Waals surface area (Å²) in [5.74, 6) is 0. The molecule has 0 spiro atoms. The normalized spacial score (nSPS) is 11.8. The second-order valence-electron chi connectivity index (χ2n) is 14.0. The van der Waals surface area contributed by atoms with Gasteiger partial charge in [-0.05, 0) is 123 Å². The molecule has 0 bridgehead atoms. The van der Waals surface area contributed by atoms with Crippen LogP contribution in [0.15, 0.2) is 212 Å². The molecule has 0 fully saturated rings. The topological polar surface area (TPSA) is 0 Å². The Morgan fingerprint density at radius 2 is 1.05 bits per heavy atom. The van der Waals surface area contributed by atoms with Crippen LogP contribution < -0.4 is 0 Å². The fourth-order valence-corrected chi connectivity index (χ4v) is 7.02. The maximum absolute atomic E-state index is 4.00. The summed E-state index contributed by atoms with van der Waals surface area (Å²) in [6.45, 7) is 20.3. The van der Waals surface area contributed by atoms with E-state index in [1.807, 2.05) is 26.8 Å². The van der Waals surface area contributed by atoms with E-state index in [2.05, 4.69) is 210 Å². The highest BCUT2D eigenvalue weighted by atomic mass is 14.1. The molecule has 0 atom stereocenters. The molecule has 0 aromatic heterocycles. The van der Waals surface area contributed by atoms with Crippen molar-refractivity contribution in [1.82, 2.24) is 0 Å². The Balaban J connectivity index is 0.000000207. The number of allylic oxidation sites excluding steroid dienone is 10. The van der Waals surface area contributed by atoms with Crippen molar-refractivity contribution < 1.29 is 0 Å². The quantitative estimate of drug-likeness (QED) is 0.0747. The second-order valence-corrected chi connectivity index (χ2v) is 14.0. The van der Waals surface area contributed by atoms with Gasteiger partial charge in [-0.1, -0.05) is 208 Å². The van der Waals surface area contributed by atoms with Crippen molar-refractivity contribution in [2.75, 3.05) is 0 Å². The highest BCUT2D eigenvalue weighted by Crippen LogP contribution is 2.37. The zero-order valence-electron chi connectivity index (χ0n) is 34.1. The molecule has 0 saturated heterocycles. The minimum Gasteiger partial charge on any atom is -0.103 e. The first-order valence-corrected chi connectivity index (χ1v) is 19.9. The Bertz CT molecular complexity index is 2510. The van der Waals surface area contributed by atoms with Crippen LogP contribution in [0.25, 0.3) is 54.6 Å². The highest BCUT2D eigenvalue weighted by molar-refractivity contribution is 6.25. The smallest absolute Gasteiger partial charge is 0.00854 e. The van der Waals surface area contributed by atoms with E-state index in [4.69, 9.17) is 0 Å². The number of fused-ring (bicyclic) bond motifs is 6. The van der Waals surface area contributed by atoms with Crippen LogP contribution in [0, 0.1) is 13.8 Å². The van der Waals surface area contributed by atoms with Gasteiger partial charge in [0.1, 0.15) is 0 Å². The number of rotatable bonds is 10. The average Bonchev–Trinajstić information content (AvgIpc) is 3.24. The van der Waals surface area contributed by atoms with Crippen molar-refractivity contribution >= 4 is 32.3 Å². The average molecular weight is 729 g/mol. The lowest BCUT2D eigenvalue weighted by molar-refractivity contribution is 1.20. The molecule has 280 valence electrons. The van der Waals surface area contributed by atoms with E-state index < -0.39 is 0 Å². The monoisotopic (exact) mass is 728 g/mol. The second kappa shape index (κ2) is 20.4. The van der Waals surface area contributed by atoms with Crippen LogP contribution in [-0.2, 0) is 6.42 Å². The molecule has 0 nitrogen and oxygen atoms in total. The molecule has 0 N–H and O–H groups in total. The molecule has 7 aromatic carbocycles. The molecule has 0 unspecified atom stereocenters. The molecule has 0 saturated carbocycles. The zero-order chi connectivity index (χ0) is 39.9. The minimum absolute atomic E-state index is 0.848. The highest BCUT2D eigenvalue weighted by Gasteiger charge is 2.10. The minimum atomic E-state index is 0.848. The van der Waals surface area contributed by atoms with Crippen LogP contribution >= 0.6 is 0 Å². The summed E-state index contributed by atoms with van der Waals surface area (Å²) in [6, 6.07) is 50.3. The molecular formula is C56H56. The van der Waals surface area contributed by atoms with Gasteiger partial charge in [-0.15, -0.1) is 6.58 Å². The Kier molecular flexibility index (Phi) is 14.9. The van der Waals surface area contributed by atoms with Crippen molar-refractivity contribution in [3.8, 4) is 22.3 Å². The zero-order valence-corrected chi connectivity index (χ0v) is 34.1. The third-order valence-electron chi connectivity index (χ3n) is 9.83. The summed E-state index contributed by atoms with van der Waals surface area (Å²) in [4.78, 5) is 0. The van der Waals surface area contributed by atoms with E-state index in [1.165, 1.54) is 82.4 Å². The first-order chi connectivity index (χ1) is 27.4. The van der Waals surface area contributed by atoms with Gasteiger partial charge in [0.2, 0.25) is 0 Å². The molecule has 7 rings (SSSR count). The van der Waals surface area contributed by atoms with E-state index in [1.54, 1.807) is 0 Å². The lowest BCUT2D eigenvalue weighted by Crippen LogP contribution is -1.92. The van der Waals surface area contributed by atoms with Gasteiger partial charge in [0.15, 0.2) is 0 Å². The summed E-state index contributed by atoms with van der Waals surface area (Å²) in [5.41, 5.74) is 12.5. The van der Waals surface area contributed by atoms with Gasteiger partial charge in [-0.25, -0.2) is 0 Å². The van der Waals surface area contributed by atoms with Gasteiger partial charge < -0.3 is 0 Å². The number of benzene rings is 7. The summed E-state index contributed by atoms with van der Waals surface area (Å²) < 4.78 is 0. The lowest BCUT2D eigenvalue weighted by atomic mass is 9.92. The van der Waals surface area contributed by atoms with Crippen molar-refractivity contribution in [3.63, 3.8) is 0 Å². The molecule has 0 heteroatoms. The Morgan fingerprint density at radius 3 is 1.66 bits per heavy atom. The van der Waals surface area contributed by atoms with Crippen LogP contribution in [0.1, 0.15) is 50.8 Å². The molecule has 0 radical (unpaired) electrons.